The summed E-state index contributed by atoms with van der Waals surface area (Å²) < 4.78 is 0. The summed E-state index contributed by atoms with van der Waals surface area (Å²) in [5.41, 5.74) is 1.69. The van der Waals surface area contributed by atoms with Gasteiger partial charge in [-0.3, -0.25) is 4.79 Å². The first-order valence-corrected chi connectivity index (χ1v) is 7.15. The molecule has 1 aromatic rings. The van der Waals surface area contributed by atoms with E-state index in [2.05, 4.69) is 19.9 Å². The Bertz CT molecular complexity index is 500. The summed E-state index contributed by atoms with van der Waals surface area (Å²) in [4.78, 5) is 13.9. The van der Waals surface area contributed by atoms with Crippen molar-refractivity contribution in [2.24, 2.45) is 5.92 Å². The lowest BCUT2D eigenvalue weighted by molar-refractivity contribution is -0.136. The number of nitriles is 1. The molecule has 0 aliphatic carbocycles. The van der Waals surface area contributed by atoms with Crippen molar-refractivity contribution in [1.82, 2.24) is 0 Å². The number of thiophene rings is 1. The maximum atomic E-state index is 10.8. The molecule has 0 amide bonds. The molecular weight excluding hydrogens is 260 g/mol. The average molecular weight is 280 g/mol. The van der Waals surface area contributed by atoms with Gasteiger partial charge >= 0.3 is 5.97 Å². The minimum absolute atomic E-state index is 0.0909. The number of aliphatic carboxylic acids is 1. The molecule has 0 aromatic carbocycles. The largest absolute Gasteiger partial charge is 0.481 e. The van der Waals surface area contributed by atoms with Gasteiger partial charge < -0.3 is 10.0 Å². The van der Waals surface area contributed by atoms with Crippen molar-refractivity contribution in [3.05, 3.63) is 16.0 Å². The number of anilines is 1. The maximum absolute atomic E-state index is 10.8. The molecule has 0 aliphatic heterocycles. The van der Waals surface area contributed by atoms with Crippen LogP contribution in [-0.2, 0) is 4.79 Å². The molecule has 0 aliphatic rings. The molecule has 0 bridgehead atoms. The number of hydrogen-bond acceptors (Lipinski definition) is 4. The van der Waals surface area contributed by atoms with Gasteiger partial charge in [0.2, 0.25) is 0 Å². The average Bonchev–Trinajstić information content (AvgIpc) is 2.60. The number of carboxylic acid groups (broad SMARTS) is 1. The highest BCUT2D eigenvalue weighted by atomic mass is 32.1. The van der Waals surface area contributed by atoms with Gasteiger partial charge in [0.1, 0.15) is 11.1 Å². The third-order valence-electron chi connectivity index (χ3n) is 2.95. The summed E-state index contributed by atoms with van der Waals surface area (Å²) >= 11 is 1.58. The van der Waals surface area contributed by atoms with Crippen molar-refractivity contribution in [2.45, 2.75) is 34.1 Å². The molecule has 0 spiro atoms. The van der Waals surface area contributed by atoms with Gasteiger partial charge in [-0.2, -0.15) is 5.26 Å². The Morgan fingerprint density at radius 3 is 2.58 bits per heavy atom. The lowest BCUT2D eigenvalue weighted by Crippen LogP contribution is -2.29. The van der Waals surface area contributed by atoms with Crippen LogP contribution in [0.3, 0.4) is 0 Å². The Kier molecular flexibility index (Phi) is 5.37. The van der Waals surface area contributed by atoms with Crippen LogP contribution in [0.4, 0.5) is 5.00 Å². The fourth-order valence-electron chi connectivity index (χ4n) is 1.91. The Morgan fingerprint density at radius 2 is 2.11 bits per heavy atom. The first-order valence-electron chi connectivity index (χ1n) is 6.33. The molecule has 0 radical (unpaired) electrons. The Morgan fingerprint density at radius 1 is 1.47 bits per heavy atom. The first kappa shape index (κ1) is 15.5. The predicted molar refractivity (Wildman–Crippen MR) is 77.8 cm³/mol. The van der Waals surface area contributed by atoms with Crippen molar-refractivity contribution in [3.63, 3.8) is 0 Å². The van der Waals surface area contributed by atoms with Gasteiger partial charge in [0.05, 0.1) is 12.0 Å². The zero-order valence-corrected chi connectivity index (χ0v) is 12.7. The van der Waals surface area contributed by atoms with E-state index in [0.29, 0.717) is 18.0 Å². The van der Waals surface area contributed by atoms with Crippen LogP contribution in [0.1, 0.15) is 36.3 Å². The molecule has 0 unspecified atom stereocenters. The van der Waals surface area contributed by atoms with Gasteiger partial charge in [-0.15, -0.1) is 11.3 Å². The molecule has 19 heavy (non-hydrogen) atoms. The lowest BCUT2D eigenvalue weighted by atomic mass is 10.1. The normalized spacial score (nSPS) is 10.5. The number of nitrogens with zero attached hydrogens (tertiary/aromatic N) is 2. The fourth-order valence-corrected chi connectivity index (χ4v) is 3.05. The van der Waals surface area contributed by atoms with Gasteiger partial charge in [0.25, 0.3) is 0 Å². The van der Waals surface area contributed by atoms with E-state index in [0.717, 1.165) is 22.0 Å². The minimum Gasteiger partial charge on any atom is -0.481 e. The molecule has 0 atom stereocenters. The van der Waals surface area contributed by atoms with Crippen LogP contribution >= 0.6 is 11.3 Å². The van der Waals surface area contributed by atoms with E-state index in [4.69, 9.17) is 5.11 Å². The van der Waals surface area contributed by atoms with Crippen molar-refractivity contribution in [1.29, 1.82) is 5.26 Å². The van der Waals surface area contributed by atoms with Crippen LogP contribution in [0.15, 0.2) is 0 Å². The molecule has 5 heteroatoms. The van der Waals surface area contributed by atoms with E-state index < -0.39 is 5.97 Å². The Hall–Kier alpha value is -1.54. The van der Waals surface area contributed by atoms with E-state index in [-0.39, 0.29) is 6.42 Å². The monoisotopic (exact) mass is 280 g/mol. The Labute approximate surface area is 118 Å². The number of hydrogen-bond donors (Lipinski definition) is 1. The van der Waals surface area contributed by atoms with Crippen molar-refractivity contribution < 1.29 is 9.90 Å². The number of carboxylic acids is 1. The minimum atomic E-state index is -0.808. The van der Waals surface area contributed by atoms with Crippen LogP contribution in [0.5, 0.6) is 0 Å². The molecule has 1 heterocycles. The van der Waals surface area contributed by atoms with Crippen molar-refractivity contribution >= 4 is 22.3 Å². The van der Waals surface area contributed by atoms with Crippen molar-refractivity contribution in [2.75, 3.05) is 18.0 Å². The van der Waals surface area contributed by atoms with Crippen LogP contribution < -0.4 is 4.90 Å². The molecule has 1 aromatic heterocycles. The third-order valence-corrected chi connectivity index (χ3v) is 4.21. The highest BCUT2D eigenvalue weighted by Crippen LogP contribution is 2.35. The molecule has 104 valence electrons. The van der Waals surface area contributed by atoms with Gasteiger partial charge in [-0.05, 0) is 25.3 Å². The number of rotatable bonds is 6. The molecule has 0 fully saturated rings. The predicted octanol–water partition coefficient (Wildman–Crippen LogP) is 3.17. The second kappa shape index (κ2) is 6.58. The standard InChI is InChI=1S/C14H20N2O2S/c1-9(2)8-16(6-5-13(17)18)14-12(7-15)10(3)11(4)19-14/h9H,5-6,8H2,1-4H3,(H,17,18). The summed E-state index contributed by atoms with van der Waals surface area (Å²) in [5.74, 6) is -0.389. The summed E-state index contributed by atoms with van der Waals surface area (Å²) in [5, 5.41) is 19.0. The van der Waals surface area contributed by atoms with E-state index in [9.17, 15) is 10.1 Å². The zero-order chi connectivity index (χ0) is 14.6. The fraction of sp³-hybridized carbons (Fsp3) is 0.571. The smallest absolute Gasteiger partial charge is 0.305 e. The summed E-state index contributed by atoms with van der Waals surface area (Å²) in [6, 6.07) is 2.25. The summed E-state index contributed by atoms with van der Waals surface area (Å²) in [6.45, 7) is 9.33. The van der Waals surface area contributed by atoms with E-state index in [1.807, 2.05) is 18.7 Å². The van der Waals surface area contributed by atoms with Gasteiger partial charge in [-0.1, -0.05) is 13.8 Å². The Balaban J connectivity index is 3.06. The maximum Gasteiger partial charge on any atom is 0.305 e. The molecule has 1 N–H and O–H groups in total. The van der Waals surface area contributed by atoms with Gasteiger partial charge in [-0.25, -0.2) is 0 Å². The number of carbonyl (C=O) groups is 1. The first-order chi connectivity index (χ1) is 8.86. The van der Waals surface area contributed by atoms with Gasteiger partial charge in [0, 0.05) is 18.0 Å². The molecular formula is C14H20N2O2S. The topological polar surface area (TPSA) is 64.3 Å². The quantitative estimate of drug-likeness (QED) is 0.869. The molecule has 1 rings (SSSR count). The van der Waals surface area contributed by atoms with E-state index >= 15 is 0 Å². The molecule has 0 saturated heterocycles. The third kappa shape index (κ3) is 3.97. The summed E-state index contributed by atoms with van der Waals surface area (Å²) in [7, 11) is 0. The highest BCUT2D eigenvalue weighted by molar-refractivity contribution is 7.16. The van der Waals surface area contributed by atoms with Crippen LogP contribution in [0.2, 0.25) is 0 Å². The zero-order valence-electron chi connectivity index (χ0n) is 11.9. The lowest BCUT2D eigenvalue weighted by Gasteiger charge is -2.25. The van der Waals surface area contributed by atoms with Gasteiger partial charge in [0.15, 0.2) is 0 Å². The number of aryl methyl sites for hydroxylation is 1. The van der Waals surface area contributed by atoms with Crippen LogP contribution in [-0.4, -0.2) is 24.2 Å². The van der Waals surface area contributed by atoms with Crippen LogP contribution in [0, 0.1) is 31.1 Å². The molecule has 4 nitrogen and oxygen atoms in total. The van der Waals surface area contributed by atoms with Crippen molar-refractivity contribution in [3.8, 4) is 6.07 Å². The second-order valence-corrected chi connectivity index (χ2v) is 6.26. The van der Waals surface area contributed by atoms with E-state index in [1.54, 1.807) is 11.3 Å². The second-order valence-electron chi connectivity index (χ2n) is 5.06. The van der Waals surface area contributed by atoms with E-state index in [1.165, 1.54) is 0 Å². The van der Waals surface area contributed by atoms with Crippen LogP contribution in [0.25, 0.3) is 0 Å². The highest BCUT2D eigenvalue weighted by Gasteiger charge is 2.19. The SMILES string of the molecule is Cc1sc(N(CCC(=O)O)CC(C)C)c(C#N)c1C. The summed E-state index contributed by atoms with van der Waals surface area (Å²) in [6.07, 6.45) is 0.0909. The molecule has 0 saturated carbocycles.